The van der Waals surface area contributed by atoms with Crippen LogP contribution in [-0.4, -0.2) is 4.40 Å². The Balaban J connectivity index is 1.16. The summed E-state index contributed by atoms with van der Waals surface area (Å²) >= 11 is 1.90. The van der Waals surface area contributed by atoms with Crippen LogP contribution in [0.15, 0.2) is 140 Å². The Bertz CT molecular complexity index is 3140. The highest BCUT2D eigenvalue weighted by Crippen LogP contribution is 2.47. The lowest BCUT2D eigenvalue weighted by atomic mass is 9.78. The van der Waals surface area contributed by atoms with Gasteiger partial charge in [-0.1, -0.05) is 54.6 Å². The predicted octanol–water partition coefficient (Wildman–Crippen LogP) is 11.2. The van der Waals surface area contributed by atoms with Crippen LogP contribution >= 0.6 is 11.3 Å². The lowest BCUT2D eigenvalue weighted by molar-refractivity contribution is -0.727. The Morgan fingerprint density at radius 2 is 1.45 bits per heavy atom. The summed E-state index contributed by atoms with van der Waals surface area (Å²) in [6.45, 7) is 7.10. The second-order valence-electron chi connectivity index (χ2n) is 14.7. The lowest BCUT2D eigenvalue weighted by Gasteiger charge is -2.29. The van der Waals surface area contributed by atoms with E-state index in [-0.39, 0.29) is 12.0 Å². The van der Waals surface area contributed by atoms with E-state index in [2.05, 4.69) is 154 Å². The Hall–Kier alpha value is -5.84. The Labute approximate surface area is 298 Å². The average molecular weight is 672 g/mol. The van der Waals surface area contributed by atoms with Gasteiger partial charge in [0.05, 0.1) is 28.0 Å². The van der Waals surface area contributed by atoms with Crippen molar-refractivity contribution in [3.8, 4) is 22.5 Å². The van der Waals surface area contributed by atoms with E-state index < -0.39 is 0 Å². The number of aryl methyl sites for hydroxylation is 2. The molecule has 5 aromatic carbocycles. The molecule has 2 atom stereocenters. The van der Waals surface area contributed by atoms with E-state index in [4.69, 9.17) is 6.58 Å². The number of benzene rings is 5. The highest BCUT2D eigenvalue weighted by atomic mass is 32.1. The molecule has 2 aliphatic heterocycles. The number of rotatable bonds is 0. The van der Waals surface area contributed by atoms with Gasteiger partial charge >= 0.3 is 0 Å². The molecule has 0 aliphatic carbocycles. The number of aromatic nitrogens is 3. The summed E-state index contributed by atoms with van der Waals surface area (Å²) in [4.78, 5) is 0. The van der Waals surface area contributed by atoms with Gasteiger partial charge in [-0.25, -0.2) is 0 Å². The van der Waals surface area contributed by atoms with Gasteiger partial charge in [-0.3, -0.25) is 0 Å². The van der Waals surface area contributed by atoms with Crippen molar-refractivity contribution in [2.75, 3.05) is 0 Å². The van der Waals surface area contributed by atoms with Crippen LogP contribution in [0.25, 0.3) is 86.5 Å². The fourth-order valence-corrected chi connectivity index (χ4v) is 10.9. The van der Waals surface area contributed by atoms with Gasteiger partial charge in [0.2, 0.25) is 23.1 Å². The van der Waals surface area contributed by atoms with E-state index >= 15 is 0 Å². The van der Waals surface area contributed by atoms with Crippen LogP contribution in [0.5, 0.6) is 0 Å². The smallest absolute Gasteiger partial charge is 0.249 e. The van der Waals surface area contributed by atoms with Gasteiger partial charge in [-0.2, -0.15) is 9.13 Å². The summed E-state index contributed by atoms with van der Waals surface area (Å²) in [5, 5.41) is 7.99. The van der Waals surface area contributed by atoms with Crippen molar-refractivity contribution >= 4 is 75.3 Å². The largest absolute Gasteiger partial charge is 0.308 e. The van der Waals surface area contributed by atoms with Crippen molar-refractivity contribution in [1.82, 2.24) is 4.40 Å². The zero-order chi connectivity index (χ0) is 33.5. The second-order valence-corrected chi connectivity index (χ2v) is 15.7. The topological polar surface area (TPSA) is 12.2 Å². The number of hydrogen-bond donors (Lipinski definition) is 0. The molecule has 12 rings (SSSR count). The predicted molar refractivity (Wildman–Crippen MR) is 212 cm³/mol. The van der Waals surface area contributed by atoms with Gasteiger partial charge in [0.15, 0.2) is 12.4 Å². The van der Waals surface area contributed by atoms with Gasteiger partial charge < -0.3 is 4.40 Å². The van der Waals surface area contributed by atoms with Crippen molar-refractivity contribution in [3.05, 3.63) is 157 Å². The fourth-order valence-electron chi connectivity index (χ4n) is 9.80. The third-order valence-electron chi connectivity index (χ3n) is 12.0. The average Bonchev–Trinajstić information content (AvgIpc) is 3.82. The second kappa shape index (κ2) is 9.90. The summed E-state index contributed by atoms with van der Waals surface area (Å²) < 4.78 is 10.2. The maximum Gasteiger partial charge on any atom is 0.249 e. The van der Waals surface area contributed by atoms with Crippen LogP contribution < -0.4 is 9.13 Å². The molecule has 7 heterocycles. The first-order chi connectivity index (χ1) is 25.1. The Morgan fingerprint density at radius 3 is 2.37 bits per heavy atom. The maximum absolute atomic E-state index is 4.91. The van der Waals surface area contributed by atoms with Crippen LogP contribution in [0.2, 0.25) is 0 Å². The molecular formula is C47H33N3S+2. The molecule has 10 aromatic rings. The molecule has 0 amide bonds. The molecule has 2 aliphatic rings. The first-order valence-corrected chi connectivity index (χ1v) is 18.8. The van der Waals surface area contributed by atoms with Crippen LogP contribution in [0.4, 0.5) is 0 Å². The maximum atomic E-state index is 4.91. The van der Waals surface area contributed by atoms with Crippen molar-refractivity contribution in [2.24, 2.45) is 0 Å². The Morgan fingerprint density at radius 1 is 0.667 bits per heavy atom. The van der Waals surface area contributed by atoms with Gasteiger partial charge in [0.1, 0.15) is 0 Å². The molecule has 4 heteroatoms. The molecule has 5 aromatic heterocycles. The lowest BCUT2D eigenvalue weighted by Crippen LogP contribution is -2.53. The van der Waals surface area contributed by atoms with Gasteiger partial charge in [-0.15, -0.1) is 11.3 Å². The Kier molecular flexibility index (Phi) is 5.42. The van der Waals surface area contributed by atoms with E-state index in [1.54, 1.807) is 0 Å². The summed E-state index contributed by atoms with van der Waals surface area (Å²) in [6.07, 6.45) is 6.56. The number of pyridine rings is 2. The third-order valence-corrected chi connectivity index (χ3v) is 13.1. The summed E-state index contributed by atoms with van der Waals surface area (Å²) in [6, 6.07) is 46.0. The minimum absolute atomic E-state index is 0.0967. The van der Waals surface area contributed by atoms with E-state index in [9.17, 15) is 0 Å². The number of fused-ring (bicyclic) bond motifs is 18. The zero-order valence-corrected chi connectivity index (χ0v) is 29.0. The SMILES string of the molecule is C=C1C2C(CCc3cc4c(cc3-c3ccc(C)c[n+]31)c1cccc3c5cc6sc7ccccc7c6cc5n4c13)c1ccccc1-c1cccc[n+]12. The molecule has 0 saturated heterocycles. The van der Waals surface area contributed by atoms with Gasteiger partial charge in [-0.05, 0) is 86.0 Å². The van der Waals surface area contributed by atoms with Crippen molar-refractivity contribution < 1.29 is 9.13 Å². The minimum Gasteiger partial charge on any atom is -0.308 e. The summed E-state index contributed by atoms with van der Waals surface area (Å²) in [5.74, 6) is 0.283. The summed E-state index contributed by atoms with van der Waals surface area (Å²) in [5.41, 5.74) is 14.2. The van der Waals surface area contributed by atoms with Crippen molar-refractivity contribution in [2.45, 2.75) is 31.7 Å². The molecule has 0 N–H and O–H groups in total. The molecule has 0 radical (unpaired) electrons. The molecule has 0 bridgehead atoms. The zero-order valence-electron chi connectivity index (χ0n) is 28.2. The summed E-state index contributed by atoms with van der Waals surface area (Å²) in [7, 11) is 0. The number of para-hydroxylation sites is 1. The molecule has 51 heavy (non-hydrogen) atoms. The van der Waals surface area contributed by atoms with Gasteiger partial charge in [0.25, 0.3) is 0 Å². The number of allylic oxidation sites excluding steroid dienone is 1. The van der Waals surface area contributed by atoms with Crippen LogP contribution in [-0.2, 0) is 6.42 Å². The highest BCUT2D eigenvalue weighted by Gasteiger charge is 2.46. The van der Waals surface area contributed by atoms with Crippen molar-refractivity contribution in [3.63, 3.8) is 0 Å². The van der Waals surface area contributed by atoms with E-state index in [0.717, 1.165) is 18.5 Å². The number of nitrogens with zero attached hydrogens (tertiary/aromatic N) is 3. The molecule has 0 fully saturated rings. The number of hydrogen-bond acceptors (Lipinski definition) is 1. The normalized spacial score (nSPS) is 17.0. The van der Waals surface area contributed by atoms with E-state index in [1.165, 1.54) is 97.5 Å². The highest BCUT2D eigenvalue weighted by molar-refractivity contribution is 7.25. The van der Waals surface area contributed by atoms with Crippen molar-refractivity contribution in [1.29, 1.82) is 0 Å². The first kappa shape index (κ1) is 27.9. The van der Waals surface area contributed by atoms with Crippen LogP contribution in [0, 0.1) is 6.92 Å². The number of thiophene rings is 1. The van der Waals surface area contributed by atoms with Crippen LogP contribution in [0.3, 0.4) is 0 Å². The fraction of sp³-hybridized carbons (Fsp3) is 0.106. The standard InChI is InChI=1S/C47H33N3S/c1-27-17-20-41-36-23-37-33-13-9-14-34-38-25-45-39(32-12-5-6-16-44(32)51-45)24-43(38)50(47(33)34)42(37)22-29(36)18-19-35-30-10-3-4-11-31(30)40-15-7-8-21-48(40)46(35)28(2)49(41)26-27/h3-17,20-26,35,46H,2,18-19H2,1H3/q+2. The van der Waals surface area contributed by atoms with Crippen LogP contribution in [0.1, 0.15) is 35.1 Å². The quantitative estimate of drug-likeness (QED) is 0.142. The molecule has 2 unspecified atom stereocenters. The van der Waals surface area contributed by atoms with E-state index in [0.29, 0.717) is 0 Å². The minimum atomic E-state index is 0.0967. The van der Waals surface area contributed by atoms with E-state index in [1.807, 2.05) is 11.3 Å². The third kappa shape index (κ3) is 3.62. The molecular weight excluding hydrogens is 639 g/mol. The van der Waals surface area contributed by atoms with Gasteiger partial charge in [0, 0.05) is 71.0 Å². The molecule has 3 nitrogen and oxygen atoms in total. The molecule has 0 saturated carbocycles. The molecule has 0 spiro atoms. The molecule has 240 valence electrons. The monoisotopic (exact) mass is 671 g/mol. The first-order valence-electron chi connectivity index (χ1n) is 18.0.